The maximum Gasteiger partial charge on any atom is 0.325 e. The normalized spacial score (nSPS) is 10.0. The molecular formula is C24H20FN3O4. The molecule has 0 saturated carbocycles. The molecule has 3 aromatic rings. The zero-order valence-corrected chi connectivity index (χ0v) is 17.0. The summed E-state index contributed by atoms with van der Waals surface area (Å²) in [5.41, 5.74) is 4.32. The number of esters is 1. The number of carbonyl (C=O) groups excluding carboxylic acids is 3. The van der Waals surface area contributed by atoms with Crippen LogP contribution in [0.15, 0.2) is 90.0 Å². The lowest BCUT2D eigenvalue weighted by Gasteiger charge is -2.09. The quantitative estimate of drug-likeness (QED) is 0.324. The van der Waals surface area contributed by atoms with Crippen molar-refractivity contribution in [1.82, 2.24) is 10.7 Å². The van der Waals surface area contributed by atoms with Gasteiger partial charge in [-0.15, -0.1) is 0 Å². The number of hydrogen-bond acceptors (Lipinski definition) is 5. The predicted molar refractivity (Wildman–Crippen MR) is 116 cm³/mol. The predicted octanol–water partition coefficient (Wildman–Crippen LogP) is 2.67. The molecule has 0 aromatic heterocycles. The number of nitrogens with zero attached hydrogens (tertiary/aromatic N) is 1. The van der Waals surface area contributed by atoms with Crippen LogP contribution in [0.2, 0.25) is 0 Å². The average Bonchev–Trinajstić information content (AvgIpc) is 2.83. The molecule has 0 fully saturated rings. The lowest BCUT2D eigenvalue weighted by atomic mass is 10.0. The van der Waals surface area contributed by atoms with Gasteiger partial charge in [0, 0.05) is 11.1 Å². The van der Waals surface area contributed by atoms with Crippen LogP contribution in [0.5, 0.6) is 0 Å². The van der Waals surface area contributed by atoms with Gasteiger partial charge in [-0.25, -0.2) is 9.82 Å². The number of nitrogens with one attached hydrogen (secondary N) is 2. The standard InChI is InChI=1S/C24H20FN3O4/c25-20-14-8-7-13-19(20)24(31)26-15-22(30)32-16-21(29)27-28-23(17-9-3-1-4-10-17)18-11-5-2-6-12-18/h1-14H,15-16H2,(H,26,31)(H,27,29). The van der Waals surface area contributed by atoms with E-state index >= 15 is 0 Å². The first kappa shape index (κ1) is 22.4. The fourth-order valence-electron chi connectivity index (χ4n) is 2.73. The number of rotatable bonds is 8. The smallest absolute Gasteiger partial charge is 0.325 e. The topological polar surface area (TPSA) is 96.9 Å². The molecule has 0 aliphatic carbocycles. The maximum atomic E-state index is 13.6. The molecule has 3 rings (SSSR count). The van der Waals surface area contributed by atoms with Gasteiger partial charge in [0.2, 0.25) is 0 Å². The van der Waals surface area contributed by atoms with Crippen LogP contribution in [0.1, 0.15) is 21.5 Å². The summed E-state index contributed by atoms with van der Waals surface area (Å²) in [6, 6.07) is 24.0. The molecule has 0 bridgehead atoms. The summed E-state index contributed by atoms with van der Waals surface area (Å²) < 4.78 is 18.4. The largest absolute Gasteiger partial charge is 0.454 e. The summed E-state index contributed by atoms with van der Waals surface area (Å²) in [5.74, 6) is -2.96. The Kier molecular flexibility index (Phi) is 7.80. The van der Waals surface area contributed by atoms with Crippen LogP contribution in [-0.4, -0.2) is 36.6 Å². The fraction of sp³-hybridized carbons (Fsp3) is 0.0833. The van der Waals surface area contributed by atoms with Gasteiger partial charge in [0.15, 0.2) is 6.61 Å². The van der Waals surface area contributed by atoms with Crippen LogP contribution < -0.4 is 10.7 Å². The van der Waals surface area contributed by atoms with Gasteiger partial charge in [-0.2, -0.15) is 5.10 Å². The summed E-state index contributed by atoms with van der Waals surface area (Å²) in [7, 11) is 0. The van der Waals surface area contributed by atoms with Crippen LogP contribution in [-0.2, 0) is 14.3 Å². The van der Waals surface area contributed by atoms with E-state index in [4.69, 9.17) is 4.74 Å². The zero-order valence-electron chi connectivity index (χ0n) is 17.0. The van der Waals surface area contributed by atoms with E-state index in [0.29, 0.717) is 5.71 Å². The molecule has 2 amide bonds. The Labute approximate surface area is 183 Å². The van der Waals surface area contributed by atoms with Crippen molar-refractivity contribution in [2.24, 2.45) is 5.10 Å². The van der Waals surface area contributed by atoms with Crippen molar-refractivity contribution >= 4 is 23.5 Å². The van der Waals surface area contributed by atoms with Crippen molar-refractivity contribution in [2.45, 2.75) is 0 Å². The zero-order chi connectivity index (χ0) is 22.8. The second-order valence-corrected chi connectivity index (χ2v) is 6.55. The molecule has 0 aliphatic heterocycles. The Morgan fingerprint density at radius 2 is 1.38 bits per heavy atom. The number of hydrazone groups is 1. The summed E-state index contributed by atoms with van der Waals surface area (Å²) in [6.07, 6.45) is 0. The first-order valence-corrected chi connectivity index (χ1v) is 9.70. The highest BCUT2D eigenvalue weighted by atomic mass is 19.1. The molecule has 0 aliphatic rings. The third-order valence-corrected chi connectivity index (χ3v) is 4.26. The molecule has 0 atom stereocenters. The lowest BCUT2D eigenvalue weighted by Crippen LogP contribution is -2.33. The highest BCUT2D eigenvalue weighted by Crippen LogP contribution is 2.10. The molecule has 162 valence electrons. The number of benzene rings is 3. The van der Waals surface area contributed by atoms with Gasteiger partial charge >= 0.3 is 5.97 Å². The van der Waals surface area contributed by atoms with E-state index in [0.717, 1.165) is 17.2 Å². The first-order chi connectivity index (χ1) is 15.5. The molecule has 0 heterocycles. The highest BCUT2D eigenvalue weighted by molar-refractivity contribution is 6.13. The van der Waals surface area contributed by atoms with Crippen molar-refractivity contribution in [1.29, 1.82) is 0 Å². The van der Waals surface area contributed by atoms with Crippen LogP contribution >= 0.6 is 0 Å². The summed E-state index contributed by atoms with van der Waals surface area (Å²) in [6.45, 7) is -1.10. The number of ether oxygens (including phenoxy) is 1. The Hall–Kier alpha value is -4.33. The van der Waals surface area contributed by atoms with E-state index in [1.165, 1.54) is 18.2 Å². The monoisotopic (exact) mass is 433 g/mol. The Bertz CT molecular complexity index is 1080. The molecule has 7 nitrogen and oxygen atoms in total. The number of halogens is 1. The fourth-order valence-corrected chi connectivity index (χ4v) is 2.73. The second-order valence-electron chi connectivity index (χ2n) is 6.55. The third-order valence-electron chi connectivity index (χ3n) is 4.26. The molecule has 8 heteroatoms. The average molecular weight is 433 g/mol. The van der Waals surface area contributed by atoms with Gasteiger partial charge in [0.1, 0.15) is 12.4 Å². The lowest BCUT2D eigenvalue weighted by molar-refractivity contribution is -0.147. The Morgan fingerprint density at radius 3 is 1.97 bits per heavy atom. The van der Waals surface area contributed by atoms with Gasteiger partial charge < -0.3 is 10.1 Å². The molecule has 0 unspecified atom stereocenters. The van der Waals surface area contributed by atoms with E-state index in [9.17, 15) is 18.8 Å². The molecule has 0 saturated heterocycles. The van der Waals surface area contributed by atoms with Gasteiger partial charge in [-0.1, -0.05) is 72.8 Å². The van der Waals surface area contributed by atoms with E-state index in [2.05, 4.69) is 15.8 Å². The first-order valence-electron chi connectivity index (χ1n) is 9.70. The minimum atomic E-state index is -0.847. The molecule has 3 aromatic carbocycles. The van der Waals surface area contributed by atoms with Gasteiger partial charge in [0.05, 0.1) is 11.3 Å². The van der Waals surface area contributed by atoms with Crippen LogP contribution in [0.4, 0.5) is 4.39 Å². The van der Waals surface area contributed by atoms with E-state index < -0.39 is 36.8 Å². The van der Waals surface area contributed by atoms with Crippen molar-refractivity contribution in [2.75, 3.05) is 13.2 Å². The summed E-state index contributed by atoms with van der Waals surface area (Å²) >= 11 is 0. The molecule has 0 radical (unpaired) electrons. The summed E-state index contributed by atoms with van der Waals surface area (Å²) in [5, 5.41) is 6.42. The van der Waals surface area contributed by atoms with Crippen LogP contribution in [0.25, 0.3) is 0 Å². The van der Waals surface area contributed by atoms with E-state index in [1.54, 1.807) is 0 Å². The molecule has 2 N–H and O–H groups in total. The SMILES string of the molecule is O=C(COC(=O)CNC(=O)c1ccccc1F)NN=C(c1ccccc1)c1ccccc1. The van der Waals surface area contributed by atoms with Crippen LogP contribution in [0.3, 0.4) is 0 Å². The minimum Gasteiger partial charge on any atom is -0.454 e. The molecule has 0 spiro atoms. The number of hydrogen-bond donors (Lipinski definition) is 2. The van der Waals surface area contributed by atoms with Crippen LogP contribution in [0, 0.1) is 5.82 Å². The Morgan fingerprint density at radius 1 is 0.812 bits per heavy atom. The van der Waals surface area contributed by atoms with Crippen molar-refractivity contribution in [3.05, 3.63) is 107 Å². The Balaban J connectivity index is 1.53. The van der Waals surface area contributed by atoms with Crippen molar-refractivity contribution in [3.63, 3.8) is 0 Å². The molecule has 32 heavy (non-hydrogen) atoms. The van der Waals surface area contributed by atoms with Gasteiger partial charge in [0.25, 0.3) is 11.8 Å². The van der Waals surface area contributed by atoms with E-state index in [1.807, 2.05) is 60.7 Å². The van der Waals surface area contributed by atoms with E-state index in [-0.39, 0.29) is 5.56 Å². The maximum absolute atomic E-state index is 13.6. The third kappa shape index (κ3) is 6.33. The highest BCUT2D eigenvalue weighted by Gasteiger charge is 2.14. The van der Waals surface area contributed by atoms with Crippen molar-refractivity contribution in [3.8, 4) is 0 Å². The summed E-state index contributed by atoms with van der Waals surface area (Å²) in [4.78, 5) is 35.8. The minimum absolute atomic E-state index is 0.193. The second kappa shape index (κ2) is 11.2. The number of carbonyl (C=O) groups is 3. The van der Waals surface area contributed by atoms with Crippen molar-refractivity contribution < 1.29 is 23.5 Å². The van der Waals surface area contributed by atoms with Gasteiger partial charge in [-0.3, -0.25) is 14.4 Å². The van der Waals surface area contributed by atoms with Gasteiger partial charge in [-0.05, 0) is 12.1 Å². The number of amides is 2. The molecular weight excluding hydrogens is 413 g/mol.